The van der Waals surface area contributed by atoms with Crippen LogP contribution in [0.5, 0.6) is 0 Å². The highest BCUT2D eigenvalue weighted by Crippen LogP contribution is 2.15. The summed E-state index contributed by atoms with van der Waals surface area (Å²) in [6.07, 6.45) is 1.98. The van der Waals surface area contributed by atoms with Crippen molar-refractivity contribution in [1.29, 1.82) is 0 Å². The average molecular weight is 313 g/mol. The molecule has 1 aromatic carbocycles. The van der Waals surface area contributed by atoms with Crippen molar-refractivity contribution < 1.29 is 23.1 Å². The number of hydrogen-bond acceptors (Lipinski definition) is 4. The molecule has 7 heteroatoms. The second-order valence-electron chi connectivity index (χ2n) is 5.14. The number of carbonyl (C=O) groups excluding carboxylic acids is 1. The quantitative estimate of drug-likeness (QED) is 0.828. The largest absolute Gasteiger partial charge is 0.480 e. The summed E-state index contributed by atoms with van der Waals surface area (Å²) < 4.78 is 22.7. The fraction of sp³-hybridized carbons (Fsp3) is 0.429. The lowest BCUT2D eigenvalue weighted by atomic mass is 9.96. The Kier molecular flexibility index (Phi) is 5.11. The van der Waals surface area contributed by atoms with Gasteiger partial charge in [-0.1, -0.05) is 13.3 Å². The maximum Gasteiger partial charge on any atom is 0.329 e. The van der Waals surface area contributed by atoms with E-state index in [4.69, 9.17) is 0 Å². The zero-order chi connectivity index (χ0) is 16.3. The van der Waals surface area contributed by atoms with E-state index in [1.807, 2.05) is 6.92 Å². The second-order valence-corrected chi connectivity index (χ2v) is 7.15. The van der Waals surface area contributed by atoms with Crippen LogP contribution in [0.25, 0.3) is 0 Å². The Hall–Kier alpha value is -1.89. The van der Waals surface area contributed by atoms with E-state index in [0.29, 0.717) is 12.8 Å². The molecule has 2 N–H and O–H groups in total. The predicted octanol–water partition coefficient (Wildman–Crippen LogP) is 1.46. The van der Waals surface area contributed by atoms with Crippen LogP contribution in [0.15, 0.2) is 29.2 Å². The van der Waals surface area contributed by atoms with Crippen LogP contribution in [0, 0.1) is 0 Å². The van der Waals surface area contributed by atoms with E-state index in [0.717, 1.165) is 6.26 Å². The summed E-state index contributed by atoms with van der Waals surface area (Å²) in [5, 5.41) is 11.7. The van der Waals surface area contributed by atoms with Crippen molar-refractivity contribution in [1.82, 2.24) is 5.32 Å². The van der Waals surface area contributed by atoms with E-state index in [-0.39, 0.29) is 10.5 Å². The number of carboxylic acid groups (broad SMARTS) is 1. The monoisotopic (exact) mass is 313 g/mol. The Balaban J connectivity index is 2.96. The topological polar surface area (TPSA) is 101 Å². The molecule has 0 radical (unpaired) electrons. The summed E-state index contributed by atoms with van der Waals surface area (Å²) in [5.41, 5.74) is -1.13. The van der Waals surface area contributed by atoms with Gasteiger partial charge < -0.3 is 10.4 Å². The molecule has 116 valence electrons. The smallest absolute Gasteiger partial charge is 0.329 e. The molecule has 0 aliphatic heterocycles. The van der Waals surface area contributed by atoms with Crippen molar-refractivity contribution >= 4 is 21.7 Å². The number of rotatable bonds is 6. The highest BCUT2D eigenvalue weighted by molar-refractivity contribution is 7.90. The van der Waals surface area contributed by atoms with Crippen molar-refractivity contribution in [2.75, 3.05) is 6.26 Å². The van der Waals surface area contributed by atoms with Crippen LogP contribution >= 0.6 is 0 Å². The molecule has 0 heterocycles. The molecule has 0 fully saturated rings. The number of hydrogen-bond donors (Lipinski definition) is 2. The van der Waals surface area contributed by atoms with Gasteiger partial charge in [-0.3, -0.25) is 4.79 Å². The van der Waals surface area contributed by atoms with Crippen LogP contribution in [0.4, 0.5) is 0 Å². The molecule has 0 aliphatic rings. The summed E-state index contributed by atoms with van der Waals surface area (Å²) in [6.45, 7) is 3.27. The van der Waals surface area contributed by atoms with Crippen LogP contribution in [-0.4, -0.2) is 37.2 Å². The maximum atomic E-state index is 12.1. The molecule has 21 heavy (non-hydrogen) atoms. The highest BCUT2D eigenvalue weighted by atomic mass is 32.2. The van der Waals surface area contributed by atoms with Gasteiger partial charge >= 0.3 is 5.97 Å². The normalized spacial score (nSPS) is 14.2. The van der Waals surface area contributed by atoms with Gasteiger partial charge in [-0.25, -0.2) is 13.2 Å². The average Bonchev–Trinajstić information content (AvgIpc) is 2.37. The molecular formula is C14H19NO5S. The van der Waals surface area contributed by atoms with Gasteiger partial charge in [0.1, 0.15) is 5.54 Å². The number of nitrogens with one attached hydrogen (secondary N) is 1. The lowest BCUT2D eigenvalue weighted by Gasteiger charge is -2.25. The van der Waals surface area contributed by atoms with Crippen molar-refractivity contribution in [3.05, 3.63) is 29.8 Å². The molecule has 1 aromatic rings. The maximum absolute atomic E-state index is 12.1. The zero-order valence-electron chi connectivity index (χ0n) is 12.2. The molecule has 0 spiro atoms. The fourth-order valence-corrected chi connectivity index (χ4v) is 2.53. The first-order valence-electron chi connectivity index (χ1n) is 6.46. The van der Waals surface area contributed by atoms with Crippen LogP contribution in [0.3, 0.4) is 0 Å². The van der Waals surface area contributed by atoms with Gasteiger partial charge in [0, 0.05) is 11.8 Å². The van der Waals surface area contributed by atoms with Crippen LogP contribution in [0.2, 0.25) is 0 Å². The van der Waals surface area contributed by atoms with Crippen molar-refractivity contribution in [2.45, 2.75) is 37.1 Å². The minimum absolute atomic E-state index is 0.105. The third-order valence-electron chi connectivity index (χ3n) is 3.16. The lowest BCUT2D eigenvalue weighted by Crippen LogP contribution is -2.52. The van der Waals surface area contributed by atoms with Gasteiger partial charge in [0.25, 0.3) is 5.91 Å². The molecule has 0 saturated carbocycles. The van der Waals surface area contributed by atoms with E-state index in [1.54, 1.807) is 0 Å². The van der Waals surface area contributed by atoms with Crippen molar-refractivity contribution in [3.63, 3.8) is 0 Å². The van der Waals surface area contributed by atoms with Crippen LogP contribution in [0.1, 0.15) is 37.0 Å². The summed E-state index contributed by atoms with van der Waals surface area (Å²) in [5.74, 6) is -1.65. The van der Waals surface area contributed by atoms with E-state index in [9.17, 15) is 23.1 Å². The standard InChI is InChI=1S/C14H19NO5S/c1-4-9-14(2,13(17)18)15-12(16)10-5-7-11(8-6-10)21(3,19)20/h5-8H,4,9H2,1-3H3,(H,15,16)(H,17,18). The van der Waals surface area contributed by atoms with Gasteiger partial charge in [-0.05, 0) is 37.6 Å². The van der Waals surface area contributed by atoms with Crippen LogP contribution < -0.4 is 5.32 Å². The fourth-order valence-electron chi connectivity index (χ4n) is 1.90. The number of sulfone groups is 1. The summed E-state index contributed by atoms with van der Waals surface area (Å²) in [4.78, 5) is 23.5. The SMILES string of the molecule is CCCC(C)(NC(=O)c1ccc(S(C)(=O)=O)cc1)C(=O)O. The lowest BCUT2D eigenvalue weighted by molar-refractivity contribution is -0.144. The Morgan fingerprint density at radius 2 is 1.76 bits per heavy atom. The third kappa shape index (κ3) is 4.29. The Morgan fingerprint density at radius 1 is 1.24 bits per heavy atom. The number of carboxylic acids is 1. The molecule has 0 saturated heterocycles. The number of carbonyl (C=O) groups is 2. The van der Waals surface area contributed by atoms with Crippen LogP contribution in [-0.2, 0) is 14.6 Å². The summed E-state index contributed by atoms with van der Waals surface area (Å²) >= 11 is 0. The van der Waals surface area contributed by atoms with E-state index in [1.165, 1.54) is 31.2 Å². The Labute approximate surface area is 124 Å². The van der Waals surface area contributed by atoms with Gasteiger partial charge in [-0.15, -0.1) is 0 Å². The summed E-state index contributed by atoms with van der Waals surface area (Å²) in [6, 6.07) is 5.37. The Morgan fingerprint density at radius 3 is 2.14 bits per heavy atom. The number of aliphatic carboxylic acids is 1. The van der Waals surface area contributed by atoms with Gasteiger partial charge in [-0.2, -0.15) is 0 Å². The van der Waals surface area contributed by atoms with Crippen molar-refractivity contribution in [3.8, 4) is 0 Å². The molecule has 1 unspecified atom stereocenters. The summed E-state index contributed by atoms with van der Waals surface area (Å²) in [7, 11) is -3.33. The van der Waals surface area contributed by atoms with Gasteiger partial charge in [0.15, 0.2) is 9.84 Å². The molecule has 1 rings (SSSR count). The number of amides is 1. The highest BCUT2D eigenvalue weighted by Gasteiger charge is 2.34. The number of benzene rings is 1. The second kappa shape index (κ2) is 6.26. The first kappa shape index (κ1) is 17.2. The zero-order valence-corrected chi connectivity index (χ0v) is 13.0. The molecular weight excluding hydrogens is 294 g/mol. The first-order chi connectivity index (χ1) is 9.60. The van der Waals surface area contributed by atoms with E-state index in [2.05, 4.69) is 5.32 Å². The van der Waals surface area contributed by atoms with E-state index < -0.39 is 27.3 Å². The Bertz CT molecular complexity index is 636. The predicted molar refractivity (Wildman–Crippen MR) is 78.0 cm³/mol. The molecule has 0 aliphatic carbocycles. The first-order valence-corrected chi connectivity index (χ1v) is 8.35. The van der Waals surface area contributed by atoms with Gasteiger partial charge in [0.05, 0.1) is 4.90 Å². The molecule has 1 amide bonds. The third-order valence-corrected chi connectivity index (χ3v) is 4.28. The molecule has 0 bridgehead atoms. The molecule has 6 nitrogen and oxygen atoms in total. The molecule has 0 aromatic heterocycles. The molecule has 1 atom stereocenters. The minimum atomic E-state index is -3.33. The van der Waals surface area contributed by atoms with E-state index >= 15 is 0 Å². The minimum Gasteiger partial charge on any atom is -0.480 e. The van der Waals surface area contributed by atoms with Gasteiger partial charge in [0.2, 0.25) is 0 Å². The van der Waals surface area contributed by atoms with Crippen molar-refractivity contribution in [2.24, 2.45) is 0 Å².